The fourth-order valence-electron chi connectivity index (χ4n) is 4.95. The number of benzene rings is 4. The van der Waals surface area contributed by atoms with E-state index in [0.717, 1.165) is 88.7 Å². The van der Waals surface area contributed by atoms with Gasteiger partial charge in [-0.25, -0.2) is 0 Å². The Labute approximate surface area is 293 Å². The second-order valence-electron chi connectivity index (χ2n) is 10.4. The predicted octanol–water partition coefficient (Wildman–Crippen LogP) is 12.5. The minimum absolute atomic E-state index is 0. The average molecular weight is 747 g/mol. The predicted molar refractivity (Wildman–Crippen MR) is 180 cm³/mol. The molecule has 0 unspecified atom stereocenters. The van der Waals surface area contributed by atoms with Gasteiger partial charge in [-0.3, -0.25) is 0 Å². The molecule has 0 aliphatic heterocycles. The summed E-state index contributed by atoms with van der Waals surface area (Å²) in [4.78, 5) is 0. The van der Waals surface area contributed by atoms with Crippen LogP contribution in [0.15, 0.2) is 109 Å². The maximum atomic E-state index is 12.6. The van der Waals surface area contributed by atoms with Crippen molar-refractivity contribution < 1.29 is 52.5 Å². The zero-order valence-corrected chi connectivity index (χ0v) is 30.5. The molecule has 1 radical (unpaired) electrons. The normalized spacial score (nSPS) is 11.0. The number of hydrogen-bond acceptors (Lipinski definition) is 0. The minimum Gasteiger partial charge on any atom is -0.166 e. The zero-order chi connectivity index (χ0) is 33.4. The van der Waals surface area contributed by atoms with Gasteiger partial charge in [0.1, 0.15) is 0 Å². The molecule has 0 N–H and O–H groups in total. The number of rotatable bonds is 2. The molecular formula is C37H34ClF6SiZr. The quantitative estimate of drug-likeness (QED) is 0.0716. The monoisotopic (exact) mass is 745 g/mol. The van der Waals surface area contributed by atoms with Crippen molar-refractivity contribution in [2.75, 3.05) is 6.38 Å². The second kappa shape index (κ2) is 17.3. The van der Waals surface area contributed by atoms with Crippen molar-refractivity contribution in [3.63, 3.8) is 0 Å². The molecule has 0 aromatic heterocycles. The van der Waals surface area contributed by atoms with Crippen molar-refractivity contribution in [1.29, 1.82) is 0 Å². The molecule has 0 spiro atoms. The summed E-state index contributed by atoms with van der Waals surface area (Å²) in [5.41, 5.74) is 4.59. The molecule has 239 valence electrons. The van der Waals surface area contributed by atoms with Gasteiger partial charge in [0.2, 0.25) is 0 Å². The Balaban J connectivity index is 0.000000276. The molecule has 0 fully saturated rings. The van der Waals surface area contributed by atoms with Crippen LogP contribution in [0.25, 0.3) is 43.8 Å². The van der Waals surface area contributed by atoms with Crippen LogP contribution in [0, 0.1) is 13.8 Å². The summed E-state index contributed by atoms with van der Waals surface area (Å²) in [6.07, 6.45) is -7.11. The van der Waals surface area contributed by atoms with Crippen molar-refractivity contribution in [2.24, 2.45) is 0 Å². The van der Waals surface area contributed by atoms with Gasteiger partial charge in [-0.15, -0.1) is 80.7 Å². The summed E-state index contributed by atoms with van der Waals surface area (Å²) in [5.74, 6) is 0. The van der Waals surface area contributed by atoms with E-state index in [0.29, 0.717) is 0 Å². The van der Waals surface area contributed by atoms with Crippen LogP contribution in [0.2, 0.25) is 13.1 Å². The van der Waals surface area contributed by atoms with E-state index in [1.165, 1.54) is 30.6 Å². The van der Waals surface area contributed by atoms with Gasteiger partial charge >= 0.3 is 38.6 Å². The van der Waals surface area contributed by atoms with E-state index in [4.69, 9.17) is 0 Å². The first-order valence-electron chi connectivity index (χ1n) is 14.1. The number of alkyl halides is 7. The van der Waals surface area contributed by atoms with E-state index >= 15 is 0 Å². The first kappa shape index (κ1) is 39.2. The average Bonchev–Trinajstić information content (AvgIpc) is 3.59. The first-order chi connectivity index (χ1) is 21.3. The summed E-state index contributed by atoms with van der Waals surface area (Å²) in [6.45, 7) is 8.44. The number of fused-ring (bicyclic) bond motifs is 2. The van der Waals surface area contributed by atoms with Gasteiger partial charge in [0.05, 0.1) is 11.1 Å². The molecule has 9 heteroatoms. The van der Waals surface area contributed by atoms with E-state index in [9.17, 15) is 26.3 Å². The largest absolute Gasteiger partial charge is 2.00 e. The Hall–Kier alpha value is -2.93. The van der Waals surface area contributed by atoms with Crippen LogP contribution in [0.5, 0.6) is 0 Å². The van der Waals surface area contributed by atoms with Gasteiger partial charge < -0.3 is 0 Å². The molecule has 46 heavy (non-hydrogen) atoms. The Kier molecular flexibility index (Phi) is 14.7. The summed E-state index contributed by atoms with van der Waals surface area (Å²) in [7, 11) is 0.750. The second-order valence-corrected chi connectivity index (χ2v) is 11.6. The van der Waals surface area contributed by atoms with Gasteiger partial charge in [-0.2, -0.15) is 38.5 Å². The molecule has 0 bridgehead atoms. The van der Waals surface area contributed by atoms with E-state index in [1.54, 1.807) is 0 Å². The fourth-order valence-corrected chi connectivity index (χ4v) is 4.95. The molecule has 0 saturated carbocycles. The summed E-state index contributed by atoms with van der Waals surface area (Å²) >= 11 is 4.64. The van der Waals surface area contributed by atoms with E-state index in [-0.39, 0.29) is 26.2 Å². The molecular weight excluding hydrogens is 713 g/mol. The molecule has 0 saturated heterocycles. The molecule has 6 rings (SSSR count). The Morgan fingerprint density at radius 3 is 1.13 bits per heavy atom. The number of aryl methyl sites for hydroxylation is 2. The Morgan fingerprint density at radius 2 is 0.848 bits per heavy atom. The molecule has 0 atom stereocenters. The number of hydrogen-bond donors (Lipinski definition) is 0. The zero-order valence-electron chi connectivity index (χ0n) is 26.1. The van der Waals surface area contributed by atoms with E-state index < -0.39 is 23.5 Å². The van der Waals surface area contributed by atoms with Crippen molar-refractivity contribution in [1.82, 2.24) is 0 Å². The van der Waals surface area contributed by atoms with Crippen LogP contribution in [0.3, 0.4) is 0 Å². The van der Waals surface area contributed by atoms with Crippen LogP contribution in [0.4, 0.5) is 26.3 Å². The van der Waals surface area contributed by atoms with Gasteiger partial charge in [0.25, 0.3) is 0 Å². The maximum absolute atomic E-state index is 12.6. The van der Waals surface area contributed by atoms with Crippen LogP contribution in [0.1, 0.15) is 22.3 Å². The van der Waals surface area contributed by atoms with Gasteiger partial charge in [0, 0.05) is 15.9 Å². The SMILES string of the molecule is CCl.C[SiH]C.Cc1cc2c(-c3ccc(C(F)(F)F)cc3)cccc2[cH-]1.Cc1cc2c(-c3ccc(C(F)(F)F)cc3)cccc2[cH-]1.[Zr+2]. The molecule has 6 aromatic carbocycles. The molecule has 0 heterocycles. The van der Waals surface area contributed by atoms with Gasteiger partial charge in [0.15, 0.2) is 0 Å². The van der Waals surface area contributed by atoms with Crippen molar-refractivity contribution in [2.45, 2.75) is 39.3 Å². The smallest absolute Gasteiger partial charge is 0.166 e. The van der Waals surface area contributed by atoms with Crippen LogP contribution in [-0.2, 0) is 38.6 Å². The number of halogens is 7. The topological polar surface area (TPSA) is 0 Å². The first-order valence-corrected chi connectivity index (χ1v) is 17.2. The van der Waals surface area contributed by atoms with Crippen molar-refractivity contribution in [3.05, 3.63) is 131 Å². The minimum atomic E-state index is -4.29. The molecule has 6 aromatic rings. The summed E-state index contributed by atoms with van der Waals surface area (Å²) in [5, 5.41) is 4.37. The Bertz CT molecular complexity index is 1660. The Morgan fingerprint density at radius 1 is 0.543 bits per heavy atom. The van der Waals surface area contributed by atoms with Crippen molar-refractivity contribution in [3.8, 4) is 22.3 Å². The molecule has 0 aliphatic carbocycles. The fraction of sp³-hybridized carbons (Fsp3) is 0.189. The van der Waals surface area contributed by atoms with Crippen LogP contribution >= 0.6 is 11.6 Å². The van der Waals surface area contributed by atoms with E-state index in [1.807, 2.05) is 50.2 Å². The third kappa shape index (κ3) is 10.0. The maximum Gasteiger partial charge on any atom is 2.00 e. The standard InChI is InChI=1S/2C17H12F3.C2H7Si.CH3Cl.Zr/c2*1-11-9-13-3-2-4-15(16(13)10-11)12-5-7-14(8-6-12)17(18,19)20;1-3-2;1-2;/h2*2-10H,1H3;3H,1-2H3;1H3;/q2*-1;;;+2. The van der Waals surface area contributed by atoms with Crippen molar-refractivity contribution >= 4 is 42.7 Å². The third-order valence-electron chi connectivity index (χ3n) is 6.84. The van der Waals surface area contributed by atoms with Crippen LogP contribution < -0.4 is 0 Å². The molecule has 0 aliphatic rings. The summed E-state index contributed by atoms with van der Waals surface area (Å²) in [6, 6.07) is 30.6. The molecule has 0 nitrogen and oxygen atoms in total. The van der Waals surface area contributed by atoms with Gasteiger partial charge in [-0.05, 0) is 35.4 Å². The third-order valence-corrected chi connectivity index (χ3v) is 6.84. The van der Waals surface area contributed by atoms with Gasteiger partial charge in [-0.1, -0.05) is 74.5 Å². The van der Waals surface area contributed by atoms with Crippen LogP contribution in [-0.4, -0.2) is 15.9 Å². The summed E-state index contributed by atoms with van der Waals surface area (Å²) < 4.78 is 75.5. The van der Waals surface area contributed by atoms with E-state index in [2.05, 4.69) is 49.0 Å². The molecule has 0 amide bonds.